The van der Waals surface area contributed by atoms with E-state index in [0.29, 0.717) is 195 Å². The lowest BCUT2D eigenvalue weighted by molar-refractivity contribution is -0.120. The fraction of sp³-hybridized carbons (Fsp3) is 0.846. The first-order chi connectivity index (χ1) is 32.4. The van der Waals surface area contributed by atoms with Gasteiger partial charge in [-0.1, -0.05) is 7.43 Å². The minimum absolute atomic E-state index is 0. The van der Waals surface area contributed by atoms with E-state index < -0.39 is 5.41 Å². The number of ether oxygens (including phenoxy) is 9. The Bertz CT molecular complexity index is 1220. The fourth-order valence-corrected chi connectivity index (χ4v) is 6.14. The summed E-state index contributed by atoms with van der Waals surface area (Å²) in [5, 5.41) is 0. The van der Waals surface area contributed by atoms with Crippen molar-refractivity contribution < 1.29 is 81.0 Å². The summed E-state index contributed by atoms with van der Waals surface area (Å²) in [6, 6.07) is 0. The molecule has 404 valence electrons. The SMILES string of the molecule is C.CC(=O)CCCOCC(COCC(COCCCC(C)=O)OCCCC(C)=O)OCCCC(C)=O.CC(=O)CCCOCC(COCCCC(C)=O)(COCCCC(C)=O)COCCCC(C)=O. The second-order valence-electron chi connectivity index (χ2n) is 17.8. The van der Waals surface area contributed by atoms with Gasteiger partial charge in [-0.3, -0.25) is 0 Å². The van der Waals surface area contributed by atoms with Crippen LogP contribution in [0.4, 0.5) is 0 Å². The molecule has 0 radical (unpaired) electrons. The average molecular weight is 991 g/mol. The van der Waals surface area contributed by atoms with E-state index in [1.807, 2.05) is 0 Å². The largest absolute Gasteiger partial charge is 0.381 e. The van der Waals surface area contributed by atoms with E-state index in [-0.39, 0.29) is 79.1 Å². The Hall–Kier alpha value is -3.00. The van der Waals surface area contributed by atoms with Crippen LogP contribution >= 0.6 is 0 Å². The Kier molecular flexibility index (Phi) is 49.5. The highest BCUT2D eigenvalue weighted by Gasteiger charge is 2.32. The molecular formula is C52H94O17. The molecule has 2 unspecified atom stereocenters. The quantitative estimate of drug-likeness (QED) is 0.0541. The first-order valence-electron chi connectivity index (χ1n) is 24.6. The summed E-state index contributed by atoms with van der Waals surface area (Å²) in [6.45, 7) is 18.5. The van der Waals surface area contributed by atoms with Gasteiger partial charge in [0.2, 0.25) is 0 Å². The molecule has 0 spiro atoms. The maximum atomic E-state index is 11.2. The van der Waals surface area contributed by atoms with Gasteiger partial charge in [0, 0.05) is 104 Å². The van der Waals surface area contributed by atoms with E-state index in [4.69, 9.17) is 42.6 Å². The minimum atomic E-state index is -0.571. The number of rotatable bonds is 50. The zero-order chi connectivity index (χ0) is 51.3. The first kappa shape index (κ1) is 70.3. The molecule has 0 aromatic carbocycles. The van der Waals surface area contributed by atoms with Gasteiger partial charge in [-0.05, 0) is 107 Å². The highest BCUT2D eigenvalue weighted by Crippen LogP contribution is 2.22. The van der Waals surface area contributed by atoms with Crippen molar-refractivity contribution in [3.05, 3.63) is 0 Å². The van der Waals surface area contributed by atoms with Crippen molar-refractivity contribution in [3.8, 4) is 0 Å². The Morgan fingerprint density at radius 2 is 0.478 bits per heavy atom. The molecule has 0 aromatic rings. The molecule has 0 aliphatic carbocycles. The van der Waals surface area contributed by atoms with E-state index >= 15 is 0 Å². The van der Waals surface area contributed by atoms with Crippen LogP contribution in [0.5, 0.6) is 0 Å². The van der Waals surface area contributed by atoms with Crippen molar-refractivity contribution in [1.29, 1.82) is 0 Å². The van der Waals surface area contributed by atoms with Gasteiger partial charge in [-0.2, -0.15) is 0 Å². The van der Waals surface area contributed by atoms with Crippen LogP contribution in [0.25, 0.3) is 0 Å². The molecule has 0 aliphatic rings. The monoisotopic (exact) mass is 991 g/mol. The van der Waals surface area contributed by atoms with Gasteiger partial charge in [-0.25, -0.2) is 0 Å². The zero-order valence-corrected chi connectivity index (χ0v) is 43.2. The second-order valence-corrected chi connectivity index (χ2v) is 17.8. The van der Waals surface area contributed by atoms with Crippen LogP contribution in [-0.2, 0) is 81.0 Å². The van der Waals surface area contributed by atoms with Gasteiger partial charge in [0.05, 0.1) is 58.3 Å². The molecule has 17 heteroatoms. The van der Waals surface area contributed by atoms with Gasteiger partial charge in [0.15, 0.2) is 0 Å². The van der Waals surface area contributed by atoms with E-state index in [2.05, 4.69) is 0 Å². The van der Waals surface area contributed by atoms with E-state index in [9.17, 15) is 38.4 Å². The summed E-state index contributed by atoms with van der Waals surface area (Å²) in [5.74, 6) is 1.01. The Labute approximate surface area is 415 Å². The Morgan fingerprint density at radius 3 is 0.696 bits per heavy atom. The molecule has 0 N–H and O–H groups in total. The second kappa shape index (κ2) is 48.6. The van der Waals surface area contributed by atoms with Crippen molar-refractivity contribution in [1.82, 2.24) is 0 Å². The third kappa shape index (κ3) is 54.2. The highest BCUT2D eigenvalue weighted by atomic mass is 16.6. The van der Waals surface area contributed by atoms with Crippen LogP contribution in [0.1, 0.15) is 166 Å². The minimum Gasteiger partial charge on any atom is -0.381 e. The lowest BCUT2D eigenvalue weighted by atomic mass is 9.92. The molecular weight excluding hydrogens is 897 g/mol. The summed E-state index contributed by atoms with van der Waals surface area (Å²) in [6.07, 6.45) is 8.29. The van der Waals surface area contributed by atoms with E-state index in [1.165, 1.54) is 0 Å². The number of hydrogen-bond donors (Lipinski definition) is 0. The molecule has 0 fully saturated rings. The molecule has 0 amide bonds. The van der Waals surface area contributed by atoms with Gasteiger partial charge in [0.1, 0.15) is 58.5 Å². The summed E-state index contributed by atoms with van der Waals surface area (Å²) in [4.78, 5) is 89.1. The predicted octanol–water partition coefficient (Wildman–Crippen LogP) is 7.44. The highest BCUT2D eigenvalue weighted by molar-refractivity contribution is 5.77. The van der Waals surface area contributed by atoms with Crippen molar-refractivity contribution in [2.75, 3.05) is 106 Å². The molecule has 0 saturated heterocycles. The molecule has 0 rings (SSSR count). The Morgan fingerprint density at radius 1 is 0.290 bits per heavy atom. The molecule has 17 nitrogen and oxygen atoms in total. The number of carbonyl (C=O) groups is 8. The van der Waals surface area contributed by atoms with Crippen LogP contribution in [-0.4, -0.2) is 164 Å². The van der Waals surface area contributed by atoms with Crippen LogP contribution in [0.3, 0.4) is 0 Å². The van der Waals surface area contributed by atoms with Gasteiger partial charge in [0.25, 0.3) is 0 Å². The third-order valence-corrected chi connectivity index (χ3v) is 9.81. The molecule has 2 atom stereocenters. The topological polar surface area (TPSA) is 220 Å². The Balaban J connectivity index is -0.00000125. The lowest BCUT2D eigenvalue weighted by Crippen LogP contribution is -2.42. The normalized spacial score (nSPS) is 12.1. The smallest absolute Gasteiger partial charge is 0.129 e. The lowest BCUT2D eigenvalue weighted by Gasteiger charge is -2.33. The van der Waals surface area contributed by atoms with Crippen LogP contribution in [0.15, 0.2) is 0 Å². The summed E-state index contributed by atoms with van der Waals surface area (Å²) >= 11 is 0. The standard InChI is InChI=1S/C26H46O9.C25H44O8.CH4/c1-21(27)9-5-13-31-17-25(34-15-7-11-23(3)29)19-33-20-26(35-16-8-12-24(4)30)18-32-14-6-10-22(2)28;1-21(26)9-5-13-30-17-25(18-31-14-6-10-22(2)27,19-32-15-7-11-23(3)28)20-33-16-8-12-24(4)29;/h25-26H,5-20H2,1-4H3;5-20H2,1-4H3;1H4. The van der Waals surface area contributed by atoms with Crippen LogP contribution in [0, 0.1) is 5.41 Å². The fourth-order valence-electron chi connectivity index (χ4n) is 6.14. The maximum Gasteiger partial charge on any atom is 0.129 e. The zero-order valence-electron chi connectivity index (χ0n) is 43.2. The maximum absolute atomic E-state index is 11.2. The van der Waals surface area contributed by atoms with E-state index in [0.717, 1.165) is 0 Å². The van der Waals surface area contributed by atoms with Gasteiger partial charge in [-0.15, -0.1) is 0 Å². The average Bonchev–Trinajstić information content (AvgIpc) is 3.24. The number of ketones is 8. The van der Waals surface area contributed by atoms with Crippen molar-refractivity contribution in [3.63, 3.8) is 0 Å². The number of carbonyl (C=O) groups excluding carboxylic acids is 8. The molecule has 0 aromatic heterocycles. The molecule has 0 heterocycles. The molecule has 0 aliphatic heterocycles. The molecule has 0 bridgehead atoms. The van der Waals surface area contributed by atoms with Crippen LogP contribution in [0.2, 0.25) is 0 Å². The summed E-state index contributed by atoms with van der Waals surface area (Å²) in [7, 11) is 0. The number of Topliss-reactive ketones (excluding diaryl/α,β-unsaturated/α-hetero) is 8. The van der Waals surface area contributed by atoms with Crippen LogP contribution < -0.4 is 0 Å². The predicted molar refractivity (Wildman–Crippen MR) is 264 cm³/mol. The molecule has 69 heavy (non-hydrogen) atoms. The van der Waals surface area contributed by atoms with Gasteiger partial charge >= 0.3 is 0 Å². The third-order valence-electron chi connectivity index (χ3n) is 9.81. The molecule has 0 saturated carbocycles. The summed E-state index contributed by atoms with van der Waals surface area (Å²) < 4.78 is 52.4. The van der Waals surface area contributed by atoms with E-state index in [1.54, 1.807) is 55.4 Å². The summed E-state index contributed by atoms with van der Waals surface area (Å²) in [5.41, 5.74) is -0.571. The number of hydrogen-bond acceptors (Lipinski definition) is 17. The van der Waals surface area contributed by atoms with Crippen molar-refractivity contribution in [2.45, 2.75) is 178 Å². The first-order valence-corrected chi connectivity index (χ1v) is 24.6. The van der Waals surface area contributed by atoms with Gasteiger partial charge < -0.3 is 81.0 Å². The van der Waals surface area contributed by atoms with Crippen molar-refractivity contribution in [2.24, 2.45) is 5.41 Å². The van der Waals surface area contributed by atoms with Crippen molar-refractivity contribution >= 4 is 46.3 Å².